The minimum atomic E-state index is -0.853. The predicted molar refractivity (Wildman–Crippen MR) is 145 cm³/mol. The van der Waals surface area contributed by atoms with Crippen molar-refractivity contribution < 1.29 is 23.9 Å². The fourth-order valence-corrected chi connectivity index (χ4v) is 3.94. The van der Waals surface area contributed by atoms with Crippen LogP contribution in [0.1, 0.15) is 47.1 Å². The van der Waals surface area contributed by atoms with Gasteiger partial charge in [0.2, 0.25) is 5.96 Å². The standard InChI is InChI=1S/C23H33BrIN5O5/c1-22(2,3)34-19(31)26-18(29-13-27(7)20(32)28(8)14-29)30(21(33)35-23(4,5)6)12-15-9-10-16(24)17(25)11-15/h9-11H,12-14H2,1-8H3. The third-order valence-corrected chi connectivity index (χ3v) is 6.79. The fraction of sp³-hybridized carbons (Fsp3) is 0.565. The Morgan fingerprint density at radius 2 is 1.60 bits per heavy atom. The molecule has 0 N–H and O–H groups in total. The molecule has 1 aliphatic heterocycles. The number of guanidine groups is 1. The lowest BCUT2D eigenvalue weighted by atomic mass is 10.2. The summed E-state index contributed by atoms with van der Waals surface area (Å²) in [6.45, 7) is 10.8. The molecule has 1 fully saturated rings. The number of hydrogen-bond donors (Lipinski definition) is 0. The normalized spacial score (nSPS) is 15.3. The Kier molecular flexibility index (Phi) is 9.42. The molecule has 35 heavy (non-hydrogen) atoms. The third-order valence-electron chi connectivity index (χ3n) is 4.47. The lowest BCUT2D eigenvalue weighted by Gasteiger charge is -2.42. The number of halogens is 2. The van der Waals surface area contributed by atoms with Gasteiger partial charge in [0.05, 0.1) is 19.9 Å². The molecule has 12 heteroatoms. The van der Waals surface area contributed by atoms with Gasteiger partial charge in [-0.3, -0.25) is 0 Å². The van der Waals surface area contributed by atoms with Crippen molar-refractivity contribution in [2.75, 3.05) is 27.4 Å². The number of urea groups is 1. The van der Waals surface area contributed by atoms with Crippen molar-refractivity contribution in [3.63, 3.8) is 0 Å². The molecule has 1 aliphatic rings. The lowest BCUT2D eigenvalue weighted by molar-refractivity contribution is 0.0300. The first kappa shape index (κ1) is 29.1. The Morgan fingerprint density at radius 1 is 1.06 bits per heavy atom. The van der Waals surface area contributed by atoms with Crippen LogP contribution in [0, 0.1) is 3.57 Å². The molecule has 0 unspecified atom stereocenters. The van der Waals surface area contributed by atoms with Crippen LogP contribution in [0.5, 0.6) is 0 Å². The Labute approximate surface area is 228 Å². The van der Waals surface area contributed by atoms with Gasteiger partial charge in [-0.2, -0.15) is 0 Å². The highest BCUT2D eigenvalue weighted by Gasteiger charge is 2.35. The van der Waals surface area contributed by atoms with Crippen molar-refractivity contribution in [3.05, 3.63) is 31.8 Å². The molecule has 1 aromatic carbocycles. The average Bonchev–Trinajstić information content (AvgIpc) is 2.68. The molecule has 0 aromatic heterocycles. The van der Waals surface area contributed by atoms with Crippen molar-refractivity contribution >= 4 is 62.7 Å². The second-order valence-electron chi connectivity index (χ2n) is 10.2. The van der Waals surface area contributed by atoms with Gasteiger partial charge in [0.1, 0.15) is 11.2 Å². The summed E-state index contributed by atoms with van der Waals surface area (Å²) >= 11 is 5.68. The Bertz CT molecular complexity index is 991. The zero-order valence-corrected chi connectivity index (χ0v) is 25.1. The van der Waals surface area contributed by atoms with Gasteiger partial charge in [0.15, 0.2) is 0 Å². The van der Waals surface area contributed by atoms with Crippen molar-refractivity contribution in [2.45, 2.75) is 59.3 Å². The van der Waals surface area contributed by atoms with E-state index in [1.807, 2.05) is 18.2 Å². The maximum absolute atomic E-state index is 13.4. The van der Waals surface area contributed by atoms with Gasteiger partial charge >= 0.3 is 18.2 Å². The largest absolute Gasteiger partial charge is 0.443 e. The Hall–Kier alpha value is -2.09. The quantitative estimate of drug-likeness (QED) is 0.242. The van der Waals surface area contributed by atoms with Crippen molar-refractivity contribution in [2.24, 2.45) is 4.99 Å². The molecule has 10 nitrogen and oxygen atoms in total. The SMILES string of the molecule is CN1CN(C(=NC(=O)OC(C)(C)C)N(Cc2ccc(Br)c(I)c2)C(=O)OC(C)(C)C)CN(C)C1=O. The minimum Gasteiger partial charge on any atom is -0.443 e. The van der Waals surface area contributed by atoms with Gasteiger partial charge in [-0.05, 0) is 97.8 Å². The van der Waals surface area contributed by atoms with E-state index in [-0.39, 0.29) is 31.9 Å². The smallest absolute Gasteiger partial charge is 0.437 e. The molecule has 1 saturated heterocycles. The minimum absolute atomic E-state index is 0.0256. The number of ether oxygens (including phenoxy) is 2. The highest BCUT2D eigenvalue weighted by molar-refractivity contribution is 14.1. The van der Waals surface area contributed by atoms with Crippen LogP contribution in [0.15, 0.2) is 27.7 Å². The molecule has 1 aromatic rings. The topological polar surface area (TPSA) is 95.0 Å². The van der Waals surface area contributed by atoms with Crippen LogP contribution >= 0.6 is 38.5 Å². The summed E-state index contributed by atoms with van der Waals surface area (Å²) in [5.74, 6) is 0.0256. The summed E-state index contributed by atoms with van der Waals surface area (Å²) in [4.78, 5) is 48.6. The van der Waals surface area contributed by atoms with Gasteiger partial charge < -0.3 is 24.2 Å². The summed E-state index contributed by atoms with van der Waals surface area (Å²) in [5.41, 5.74) is -0.767. The average molecular weight is 666 g/mol. The van der Waals surface area contributed by atoms with E-state index in [0.717, 1.165) is 13.6 Å². The van der Waals surface area contributed by atoms with E-state index in [0.29, 0.717) is 0 Å². The van der Waals surface area contributed by atoms with E-state index in [4.69, 9.17) is 9.47 Å². The monoisotopic (exact) mass is 665 g/mol. The van der Waals surface area contributed by atoms with Crippen LogP contribution in [0.3, 0.4) is 0 Å². The number of aliphatic imine (C=N–C) groups is 1. The second kappa shape index (κ2) is 11.3. The molecule has 0 radical (unpaired) electrons. The van der Waals surface area contributed by atoms with Gasteiger partial charge in [0.25, 0.3) is 0 Å². The van der Waals surface area contributed by atoms with E-state index < -0.39 is 23.4 Å². The molecule has 0 aliphatic carbocycles. The lowest BCUT2D eigenvalue weighted by Crippen LogP contribution is -2.60. The molecule has 0 spiro atoms. The second-order valence-corrected chi connectivity index (χ2v) is 12.2. The van der Waals surface area contributed by atoms with E-state index in [1.165, 1.54) is 14.7 Å². The van der Waals surface area contributed by atoms with E-state index in [9.17, 15) is 14.4 Å². The molecule has 0 bridgehead atoms. The first-order valence-electron chi connectivity index (χ1n) is 10.9. The zero-order chi connectivity index (χ0) is 26.7. The molecule has 194 valence electrons. The van der Waals surface area contributed by atoms with E-state index >= 15 is 0 Å². The maximum atomic E-state index is 13.4. The molecule has 0 atom stereocenters. The van der Waals surface area contributed by atoms with Crippen LogP contribution < -0.4 is 0 Å². The predicted octanol–water partition coefficient (Wildman–Crippen LogP) is 5.30. The van der Waals surface area contributed by atoms with Crippen LogP contribution in [-0.2, 0) is 16.0 Å². The van der Waals surface area contributed by atoms with Gasteiger partial charge in [-0.25, -0.2) is 19.3 Å². The Morgan fingerprint density at radius 3 is 2.09 bits per heavy atom. The zero-order valence-electron chi connectivity index (χ0n) is 21.4. The fourth-order valence-electron chi connectivity index (χ4n) is 3.12. The van der Waals surface area contributed by atoms with Crippen LogP contribution in [0.25, 0.3) is 0 Å². The molecular weight excluding hydrogens is 633 g/mol. The summed E-state index contributed by atoms with van der Waals surface area (Å²) < 4.78 is 13.0. The van der Waals surface area contributed by atoms with Crippen LogP contribution in [0.2, 0.25) is 0 Å². The van der Waals surface area contributed by atoms with E-state index in [2.05, 4.69) is 43.5 Å². The molecule has 4 amide bonds. The number of amides is 4. The summed E-state index contributed by atoms with van der Waals surface area (Å²) in [5, 5.41) is 0. The number of carbonyl (C=O) groups is 3. The number of benzene rings is 1. The van der Waals surface area contributed by atoms with Crippen LogP contribution in [0.4, 0.5) is 14.4 Å². The number of nitrogens with zero attached hydrogens (tertiary/aromatic N) is 5. The maximum Gasteiger partial charge on any atom is 0.437 e. The molecule has 2 rings (SSSR count). The molecular formula is C23H33BrIN5O5. The van der Waals surface area contributed by atoms with E-state index in [1.54, 1.807) is 60.5 Å². The molecule has 1 heterocycles. The van der Waals surface area contributed by atoms with Crippen LogP contribution in [-0.4, -0.2) is 82.4 Å². The number of carbonyl (C=O) groups excluding carboxylic acids is 3. The summed E-state index contributed by atoms with van der Waals surface area (Å²) in [6, 6.07) is 5.48. The van der Waals surface area contributed by atoms with Crippen molar-refractivity contribution in [1.29, 1.82) is 0 Å². The first-order valence-corrected chi connectivity index (χ1v) is 12.8. The van der Waals surface area contributed by atoms with Gasteiger partial charge in [-0.1, -0.05) is 6.07 Å². The number of rotatable bonds is 2. The van der Waals surface area contributed by atoms with Crippen molar-refractivity contribution in [3.8, 4) is 0 Å². The Balaban J connectivity index is 2.59. The first-order chi connectivity index (χ1) is 16.0. The van der Waals surface area contributed by atoms with Gasteiger partial charge in [0, 0.05) is 22.1 Å². The third kappa shape index (κ3) is 8.81. The highest BCUT2D eigenvalue weighted by atomic mass is 127. The molecule has 0 saturated carbocycles. The number of hydrogen-bond acceptors (Lipinski definition) is 5. The summed E-state index contributed by atoms with van der Waals surface area (Å²) in [6.07, 6.45) is -1.53. The van der Waals surface area contributed by atoms with Gasteiger partial charge in [-0.15, -0.1) is 4.99 Å². The highest BCUT2D eigenvalue weighted by Crippen LogP contribution is 2.23. The summed E-state index contributed by atoms with van der Waals surface area (Å²) in [7, 11) is 3.26. The van der Waals surface area contributed by atoms with Crippen molar-refractivity contribution in [1.82, 2.24) is 19.6 Å².